The van der Waals surface area contributed by atoms with Gasteiger partial charge in [0, 0.05) is 31.7 Å². The number of carbonyl (C=O) groups excluding carboxylic acids is 1. The first-order valence-corrected chi connectivity index (χ1v) is 9.71. The molecule has 0 unspecified atom stereocenters. The summed E-state index contributed by atoms with van der Waals surface area (Å²) in [7, 11) is 1.59. The monoisotopic (exact) mass is 382 g/mol. The van der Waals surface area contributed by atoms with Crippen LogP contribution >= 0.6 is 0 Å². The number of aliphatic imine (C=N–C) groups is 1. The Kier molecular flexibility index (Phi) is 9.41. The number of nitrogens with zero attached hydrogens (tertiary/aromatic N) is 1. The van der Waals surface area contributed by atoms with Crippen molar-refractivity contribution in [2.75, 3.05) is 33.3 Å². The van der Waals surface area contributed by atoms with E-state index in [1.54, 1.807) is 25.3 Å². The van der Waals surface area contributed by atoms with Gasteiger partial charge < -0.3 is 20.7 Å². The highest BCUT2D eigenvalue weighted by Crippen LogP contribution is 2.12. The maximum Gasteiger partial charge on any atom is 0.251 e. The zero-order valence-corrected chi connectivity index (χ0v) is 16.7. The molecule has 0 saturated heterocycles. The molecule has 2 aromatic rings. The molecular weight excluding hydrogens is 352 g/mol. The molecule has 6 nitrogen and oxygen atoms in total. The normalized spacial score (nSPS) is 11.0. The maximum atomic E-state index is 12.2. The van der Waals surface area contributed by atoms with Crippen LogP contribution in [0.5, 0.6) is 5.75 Å². The van der Waals surface area contributed by atoms with E-state index >= 15 is 0 Å². The van der Waals surface area contributed by atoms with Crippen molar-refractivity contribution in [3.63, 3.8) is 0 Å². The Hall–Kier alpha value is -3.02. The van der Waals surface area contributed by atoms with Crippen molar-refractivity contribution in [2.45, 2.75) is 19.8 Å². The SMILES string of the molecule is CCNC(=NCCCc1ccccc1)NCCNC(=O)c1cccc(OC)c1. The highest BCUT2D eigenvalue weighted by atomic mass is 16.5. The number of amides is 1. The minimum atomic E-state index is -0.120. The van der Waals surface area contributed by atoms with E-state index in [-0.39, 0.29) is 5.91 Å². The molecule has 0 bridgehead atoms. The zero-order valence-electron chi connectivity index (χ0n) is 16.7. The summed E-state index contributed by atoms with van der Waals surface area (Å²) in [6.07, 6.45) is 2.01. The van der Waals surface area contributed by atoms with Crippen LogP contribution in [0.25, 0.3) is 0 Å². The van der Waals surface area contributed by atoms with E-state index in [0.717, 1.165) is 31.9 Å². The summed E-state index contributed by atoms with van der Waals surface area (Å²) in [6.45, 7) is 4.68. The van der Waals surface area contributed by atoms with Gasteiger partial charge in [-0.05, 0) is 43.5 Å². The van der Waals surface area contributed by atoms with Crippen molar-refractivity contribution in [1.29, 1.82) is 0 Å². The van der Waals surface area contributed by atoms with Crippen molar-refractivity contribution in [3.05, 3.63) is 65.7 Å². The van der Waals surface area contributed by atoms with Crippen molar-refractivity contribution >= 4 is 11.9 Å². The smallest absolute Gasteiger partial charge is 0.251 e. The second-order valence-corrected chi connectivity index (χ2v) is 6.26. The van der Waals surface area contributed by atoms with Crippen LogP contribution in [0.1, 0.15) is 29.3 Å². The van der Waals surface area contributed by atoms with Crippen molar-refractivity contribution in [1.82, 2.24) is 16.0 Å². The molecule has 28 heavy (non-hydrogen) atoms. The number of hydrogen-bond donors (Lipinski definition) is 3. The fraction of sp³-hybridized carbons (Fsp3) is 0.364. The standard InChI is InChI=1S/C22H30N4O2/c1-3-23-22(25-14-8-11-18-9-5-4-6-10-18)26-16-15-24-21(27)19-12-7-13-20(17-19)28-2/h4-7,9-10,12-13,17H,3,8,11,14-16H2,1-2H3,(H,24,27)(H2,23,25,26). The average Bonchev–Trinajstić information content (AvgIpc) is 2.74. The number of carbonyl (C=O) groups is 1. The molecule has 2 rings (SSSR count). The molecule has 6 heteroatoms. The third-order valence-corrected chi connectivity index (χ3v) is 4.12. The van der Waals surface area contributed by atoms with Crippen molar-refractivity contribution < 1.29 is 9.53 Å². The first-order valence-electron chi connectivity index (χ1n) is 9.71. The molecule has 0 aliphatic heterocycles. The molecule has 0 saturated carbocycles. The Labute approximate surface area is 167 Å². The number of methoxy groups -OCH3 is 1. The second-order valence-electron chi connectivity index (χ2n) is 6.26. The number of nitrogens with one attached hydrogen (secondary N) is 3. The van der Waals surface area contributed by atoms with Crippen LogP contribution in [-0.4, -0.2) is 45.2 Å². The van der Waals surface area contributed by atoms with Crippen LogP contribution in [0.15, 0.2) is 59.6 Å². The zero-order chi connectivity index (χ0) is 20.0. The van der Waals surface area contributed by atoms with Crippen molar-refractivity contribution in [2.24, 2.45) is 4.99 Å². The van der Waals surface area contributed by atoms with Gasteiger partial charge in [0.15, 0.2) is 5.96 Å². The van der Waals surface area contributed by atoms with Crippen LogP contribution in [0.2, 0.25) is 0 Å². The molecule has 0 atom stereocenters. The fourth-order valence-electron chi connectivity index (χ4n) is 2.68. The molecule has 0 aliphatic rings. The molecule has 0 radical (unpaired) electrons. The highest BCUT2D eigenvalue weighted by Gasteiger charge is 2.06. The number of rotatable bonds is 10. The molecule has 1 amide bonds. The highest BCUT2D eigenvalue weighted by molar-refractivity contribution is 5.94. The summed E-state index contributed by atoms with van der Waals surface area (Å²) in [5.41, 5.74) is 1.91. The predicted octanol–water partition coefficient (Wildman–Crippen LogP) is 2.61. The van der Waals surface area contributed by atoms with E-state index in [9.17, 15) is 4.79 Å². The molecule has 3 N–H and O–H groups in total. The Morgan fingerprint density at radius 1 is 1.00 bits per heavy atom. The lowest BCUT2D eigenvalue weighted by molar-refractivity contribution is 0.0954. The summed E-state index contributed by atoms with van der Waals surface area (Å²) in [5.74, 6) is 1.32. The van der Waals surface area contributed by atoms with E-state index in [4.69, 9.17) is 4.74 Å². The van der Waals surface area contributed by atoms with E-state index in [1.807, 2.05) is 19.1 Å². The largest absolute Gasteiger partial charge is 0.497 e. The van der Waals surface area contributed by atoms with Gasteiger partial charge in [0.25, 0.3) is 5.91 Å². The third kappa shape index (κ3) is 7.70. The number of hydrogen-bond acceptors (Lipinski definition) is 3. The molecule has 0 aliphatic carbocycles. The summed E-state index contributed by atoms with van der Waals surface area (Å²) < 4.78 is 5.15. The van der Waals surface area contributed by atoms with E-state index in [2.05, 4.69) is 45.2 Å². The lowest BCUT2D eigenvalue weighted by atomic mass is 10.1. The number of benzene rings is 2. The molecule has 150 valence electrons. The molecule has 0 spiro atoms. The Bertz CT molecular complexity index is 747. The fourth-order valence-corrected chi connectivity index (χ4v) is 2.68. The molecular formula is C22H30N4O2. The van der Waals surface area contributed by atoms with Gasteiger partial charge in [0.2, 0.25) is 0 Å². The van der Waals surface area contributed by atoms with Gasteiger partial charge in [-0.15, -0.1) is 0 Å². The molecule has 2 aromatic carbocycles. The summed E-state index contributed by atoms with van der Waals surface area (Å²) in [4.78, 5) is 16.8. The summed E-state index contributed by atoms with van der Waals surface area (Å²) in [5, 5.41) is 9.37. The number of aryl methyl sites for hydroxylation is 1. The number of guanidine groups is 1. The lowest BCUT2D eigenvalue weighted by Gasteiger charge is -2.12. The van der Waals surface area contributed by atoms with Crippen LogP contribution in [0.4, 0.5) is 0 Å². The molecule has 0 heterocycles. The van der Waals surface area contributed by atoms with Gasteiger partial charge in [-0.25, -0.2) is 0 Å². The molecule has 0 fully saturated rings. The quantitative estimate of drug-likeness (QED) is 0.335. The summed E-state index contributed by atoms with van der Waals surface area (Å²) >= 11 is 0. The Morgan fingerprint density at radius 3 is 2.54 bits per heavy atom. The molecule has 0 aromatic heterocycles. The van der Waals surface area contributed by atoms with Gasteiger partial charge in [-0.3, -0.25) is 9.79 Å². The minimum Gasteiger partial charge on any atom is -0.497 e. The Morgan fingerprint density at radius 2 is 1.79 bits per heavy atom. The first kappa shape index (κ1) is 21.3. The van der Waals surface area contributed by atoms with Crippen LogP contribution in [-0.2, 0) is 6.42 Å². The van der Waals surface area contributed by atoms with Gasteiger partial charge in [0.1, 0.15) is 5.75 Å². The third-order valence-electron chi connectivity index (χ3n) is 4.12. The Balaban J connectivity index is 1.70. The van der Waals surface area contributed by atoms with E-state index < -0.39 is 0 Å². The second kappa shape index (κ2) is 12.4. The van der Waals surface area contributed by atoms with Gasteiger partial charge in [0.05, 0.1) is 7.11 Å². The van der Waals surface area contributed by atoms with Gasteiger partial charge in [-0.2, -0.15) is 0 Å². The first-order chi connectivity index (χ1) is 13.7. The van der Waals surface area contributed by atoms with Crippen molar-refractivity contribution in [3.8, 4) is 5.75 Å². The van der Waals surface area contributed by atoms with E-state index in [0.29, 0.717) is 24.4 Å². The minimum absolute atomic E-state index is 0.120. The maximum absolute atomic E-state index is 12.2. The lowest BCUT2D eigenvalue weighted by Crippen LogP contribution is -2.41. The summed E-state index contributed by atoms with van der Waals surface area (Å²) in [6, 6.07) is 17.5. The van der Waals surface area contributed by atoms with Gasteiger partial charge >= 0.3 is 0 Å². The van der Waals surface area contributed by atoms with Crippen LogP contribution < -0.4 is 20.7 Å². The van der Waals surface area contributed by atoms with Crippen LogP contribution in [0, 0.1) is 0 Å². The van der Waals surface area contributed by atoms with Crippen LogP contribution in [0.3, 0.4) is 0 Å². The average molecular weight is 383 g/mol. The number of ether oxygens (including phenoxy) is 1. The van der Waals surface area contributed by atoms with E-state index in [1.165, 1.54) is 5.56 Å². The predicted molar refractivity (Wildman–Crippen MR) is 114 cm³/mol. The topological polar surface area (TPSA) is 74.8 Å². The van der Waals surface area contributed by atoms with Gasteiger partial charge in [-0.1, -0.05) is 36.4 Å².